The van der Waals surface area contributed by atoms with Gasteiger partial charge in [0.2, 0.25) is 17.5 Å². The van der Waals surface area contributed by atoms with E-state index in [1.807, 2.05) is 6.92 Å². The number of nitrogens with one attached hydrogen (secondary N) is 5. The lowest BCUT2D eigenvalue weighted by atomic mass is 10.0. The molecule has 5 atom stereocenters. The van der Waals surface area contributed by atoms with Crippen molar-refractivity contribution in [1.82, 2.24) is 31.9 Å². The molecule has 1 amide bonds. The van der Waals surface area contributed by atoms with Crippen LogP contribution in [0.15, 0.2) is 0 Å². The minimum atomic E-state index is -1.55. The fourth-order valence-electron chi connectivity index (χ4n) is 4.08. The molecule has 0 aromatic heterocycles. The molecule has 1 aliphatic heterocycles. The van der Waals surface area contributed by atoms with Crippen LogP contribution in [0, 0.1) is 0 Å². The van der Waals surface area contributed by atoms with Crippen LogP contribution in [0.2, 0.25) is 0 Å². The van der Waals surface area contributed by atoms with E-state index in [9.17, 15) is 39.0 Å². The quantitative estimate of drug-likeness (QED) is 0.0122. The fraction of sp³-hybridized carbons (Fsp3) is 0.750. The van der Waals surface area contributed by atoms with E-state index in [4.69, 9.17) is 11.5 Å². The number of nitrogens with two attached hydrogens (primary N) is 2. The number of aldehydes is 1. The first-order valence-electron chi connectivity index (χ1n) is 13.6. The van der Waals surface area contributed by atoms with Gasteiger partial charge in [-0.3, -0.25) is 29.3 Å². The number of Topliss-reactive ketones (excluding diaryl/α,β-unsaturated/α-hetero) is 3. The van der Waals surface area contributed by atoms with Crippen LogP contribution < -0.4 is 38.4 Å². The van der Waals surface area contributed by atoms with Gasteiger partial charge in [0, 0.05) is 12.3 Å². The predicted molar refractivity (Wildman–Crippen MR) is 159 cm³/mol. The van der Waals surface area contributed by atoms with Gasteiger partial charge in [0.1, 0.15) is 24.7 Å². The van der Waals surface area contributed by atoms with E-state index in [1.165, 1.54) is 16.8 Å². The maximum Gasteiger partial charge on any atom is 0.305 e. The molecule has 0 aromatic rings. The number of ketones is 3. The van der Waals surface area contributed by atoms with Crippen molar-refractivity contribution in [3.63, 3.8) is 0 Å². The third-order valence-corrected chi connectivity index (χ3v) is 7.59. The molecule has 1 fully saturated rings. The summed E-state index contributed by atoms with van der Waals surface area (Å²) < 4.78 is 0. The van der Waals surface area contributed by atoms with Gasteiger partial charge in [-0.2, -0.15) is 24.4 Å². The summed E-state index contributed by atoms with van der Waals surface area (Å²) in [4.78, 5) is 74.4. The first-order valence-corrected chi connectivity index (χ1v) is 15.4. The lowest BCUT2D eigenvalue weighted by Crippen LogP contribution is -2.60. The lowest BCUT2D eigenvalue weighted by Gasteiger charge is -2.29. The van der Waals surface area contributed by atoms with Gasteiger partial charge in [0.25, 0.3) is 0 Å². The second-order valence-corrected chi connectivity index (χ2v) is 11.2. The molecule has 1 saturated heterocycles. The zero-order valence-corrected chi connectivity index (χ0v) is 25.3. The summed E-state index contributed by atoms with van der Waals surface area (Å²) in [6, 6.07) is -5.44. The summed E-state index contributed by atoms with van der Waals surface area (Å²) in [5.41, 5.74) is 18.6. The van der Waals surface area contributed by atoms with E-state index in [2.05, 4.69) is 39.5 Å². The zero-order chi connectivity index (χ0) is 31.7. The first-order chi connectivity index (χ1) is 20.0. The van der Waals surface area contributed by atoms with E-state index >= 15 is 0 Å². The number of aliphatic hydroxyl groups excluding tert-OH is 1. The highest BCUT2D eigenvalue weighted by Crippen LogP contribution is 2.17. The maximum atomic E-state index is 13.1. The highest BCUT2D eigenvalue weighted by molar-refractivity contribution is 7.99. The van der Waals surface area contributed by atoms with Gasteiger partial charge in [-0.25, -0.2) is 21.3 Å². The summed E-state index contributed by atoms with van der Waals surface area (Å²) in [5, 5.41) is 26.0. The van der Waals surface area contributed by atoms with Crippen LogP contribution in [0.3, 0.4) is 0 Å². The Kier molecular flexibility index (Phi) is 18.9. The number of carboxylic acids is 1. The van der Waals surface area contributed by atoms with Crippen LogP contribution in [-0.4, -0.2) is 124 Å². The van der Waals surface area contributed by atoms with Gasteiger partial charge in [0.05, 0.1) is 36.9 Å². The average molecular weight is 637 g/mol. The highest BCUT2D eigenvalue weighted by Gasteiger charge is 2.38. The number of hydrogen-bond donors (Lipinski definition) is 10. The molecule has 1 aliphatic rings. The Morgan fingerprint density at radius 2 is 1.79 bits per heavy atom. The average Bonchev–Trinajstić information content (AvgIpc) is 3.42. The molecule has 18 heteroatoms. The van der Waals surface area contributed by atoms with Crippen molar-refractivity contribution in [1.29, 1.82) is 0 Å². The van der Waals surface area contributed by atoms with Gasteiger partial charge < -0.3 is 31.8 Å². The zero-order valence-electron chi connectivity index (χ0n) is 23.6. The van der Waals surface area contributed by atoms with Gasteiger partial charge >= 0.3 is 5.97 Å². The van der Waals surface area contributed by atoms with Crippen LogP contribution >= 0.6 is 24.4 Å². The van der Waals surface area contributed by atoms with Crippen LogP contribution in [0.4, 0.5) is 0 Å². The van der Waals surface area contributed by atoms with Gasteiger partial charge in [0.15, 0.2) is 5.78 Å². The number of carboxylic acid groups (broad SMARTS) is 1. The predicted octanol–water partition coefficient (Wildman–Crippen LogP) is -3.73. The number of carbonyl (C=O) groups is 6. The second-order valence-electron chi connectivity index (χ2n) is 9.60. The van der Waals surface area contributed by atoms with Crippen LogP contribution in [0.1, 0.15) is 39.0 Å². The van der Waals surface area contributed by atoms with Crippen LogP contribution in [0.25, 0.3) is 0 Å². The Balaban J connectivity index is 2.87. The van der Waals surface area contributed by atoms with E-state index in [0.29, 0.717) is 38.5 Å². The molecule has 0 radical (unpaired) electrons. The molecule has 0 unspecified atom stereocenters. The number of nitrogens with zero attached hydrogens (tertiary/aromatic N) is 1. The summed E-state index contributed by atoms with van der Waals surface area (Å²) in [5.74, 6) is -3.32. The SMILES string of the molecule is CCSCC(=O)[C@H](CS)NN[C@@H](CO)C(=O)C(=O)[C@H](CC(=O)O)NN1CCC[C@H]1C(=O)N[C@H](C=O)CCCNC(N)N. The number of aliphatic carboxylic acids is 1. The third kappa shape index (κ3) is 13.5. The molecule has 16 nitrogen and oxygen atoms in total. The Bertz CT molecular complexity index is 916. The fourth-order valence-corrected chi connectivity index (χ4v) is 4.98. The summed E-state index contributed by atoms with van der Waals surface area (Å²) in [6.45, 7) is 1.78. The molecule has 0 bridgehead atoms. The largest absolute Gasteiger partial charge is 0.481 e. The van der Waals surface area contributed by atoms with Gasteiger partial charge in [-0.05, 0) is 38.0 Å². The monoisotopic (exact) mass is 636 g/mol. The van der Waals surface area contributed by atoms with E-state index in [-0.39, 0.29) is 23.8 Å². The summed E-state index contributed by atoms with van der Waals surface area (Å²) >= 11 is 5.53. The molecule has 1 heterocycles. The van der Waals surface area contributed by atoms with Gasteiger partial charge in [-0.15, -0.1) is 0 Å². The first kappa shape index (κ1) is 38.0. The van der Waals surface area contributed by atoms with Crippen molar-refractivity contribution in [3.8, 4) is 0 Å². The third-order valence-electron chi connectivity index (χ3n) is 6.33. The Hall–Kier alpha value is -2.00. The number of rotatable bonds is 24. The molecule has 0 aromatic carbocycles. The Labute approximate surface area is 254 Å². The summed E-state index contributed by atoms with van der Waals surface area (Å²) in [7, 11) is 0. The van der Waals surface area contributed by atoms with Crippen molar-refractivity contribution < 1.29 is 39.0 Å². The van der Waals surface area contributed by atoms with Crippen molar-refractivity contribution in [2.24, 2.45) is 11.5 Å². The van der Waals surface area contributed by atoms with Crippen molar-refractivity contribution in [3.05, 3.63) is 0 Å². The number of thioether (sulfide) groups is 1. The number of thiol groups is 1. The topological polar surface area (TPSA) is 258 Å². The standard InChI is InChI=1S/C24H44N8O8S2/c1-2-42-13-19(35)17(12-41)30-29-16(11-34)22(39)21(38)15(9-20(36)37)31-32-8-4-6-18(32)23(40)28-14(10-33)5-3-7-27-24(25)26/h10,14-18,24,27,29-31,34,41H,2-9,11-13,25-26H2,1H3,(H,28,40)(H,36,37)/t14-,15-,16-,17-,18-/m0/s1. The Morgan fingerprint density at radius 3 is 2.36 bits per heavy atom. The van der Waals surface area contributed by atoms with Crippen molar-refractivity contribution in [2.45, 2.75) is 75.5 Å². The molecule has 0 aliphatic carbocycles. The van der Waals surface area contributed by atoms with Crippen molar-refractivity contribution in [2.75, 3.05) is 37.0 Å². The number of hydrazine groups is 2. The van der Waals surface area contributed by atoms with Crippen molar-refractivity contribution >= 4 is 59.9 Å². The molecule has 0 saturated carbocycles. The molecule has 0 spiro atoms. The van der Waals surface area contributed by atoms with Crippen LogP contribution in [0.5, 0.6) is 0 Å². The lowest BCUT2D eigenvalue weighted by molar-refractivity contribution is -0.145. The number of hydrogen-bond acceptors (Lipinski definition) is 16. The molecular formula is C24H44N8O8S2. The van der Waals surface area contributed by atoms with E-state index in [0.717, 1.165) is 5.75 Å². The van der Waals surface area contributed by atoms with Crippen LogP contribution in [-0.2, 0) is 28.8 Å². The number of aliphatic hydroxyl groups is 1. The molecule has 240 valence electrons. The Morgan fingerprint density at radius 1 is 1.12 bits per heavy atom. The normalized spacial score (nSPS) is 18.3. The molecular weight excluding hydrogens is 592 g/mol. The minimum absolute atomic E-state index is 0.0850. The number of amides is 1. The highest BCUT2D eigenvalue weighted by atomic mass is 32.2. The smallest absolute Gasteiger partial charge is 0.305 e. The van der Waals surface area contributed by atoms with Gasteiger partial charge in [-0.1, -0.05) is 6.92 Å². The second kappa shape index (κ2) is 20.8. The summed E-state index contributed by atoms with van der Waals surface area (Å²) in [6.07, 6.45) is 0.836. The molecule has 1 rings (SSSR count). The minimum Gasteiger partial charge on any atom is -0.481 e. The molecule has 42 heavy (non-hydrogen) atoms. The number of carbonyl (C=O) groups excluding carboxylic acids is 5. The van der Waals surface area contributed by atoms with E-state index in [1.54, 1.807) is 0 Å². The molecule has 11 N–H and O–H groups in total. The maximum absolute atomic E-state index is 13.1. The van der Waals surface area contributed by atoms with E-state index < -0.39 is 73.0 Å².